The van der Waals surface area contributed by atoms with Gasteiger partial charge >= 0.3 is 0 Å². The Kier molecular flexibility index (Phi) is 4.99. The molecule has 1 aliphatic rings. The average molecular weight is 400 g/mol. The number of aryl methyl sites for hydroxylation is 2. The Morgan fingerprint density at radius 3 is 2.93 bits per heavy atom. The molecule has 8 nitrogen and oxygen atoms in total. The van der Waals surface area contributed by atoms with E-state index < -0.39 is 0 Å². The minimum Gasteiger partial charge on any atom is -0.493 e. The summed E-state index contributed by atoms with van der Waals surface area (Å²) < 4.78 is 16.7. The third-order valence-electron chi connectivity index (χ3n) is 4.64. The van der Waals surface area contributed by atoms with E-state index >= 15 is 0 Å². The Morgan fingerprint density at radius 2 is 2.18 bits per heavy atom. The Labute approximate surface area is 166 Å². The van der Waals surface area contributed by atoms with Crippen molar-refractivity contribution in [2.45, 2.75) is 25.7 Å². The first-order valence-corrected chi connectivity index (χ1v) is 9.79. The van der Waals surface area contributed by atoms with Crippen molar-refractivity contribution in [1.29, 1.82) is 0 Å². The van der Waals surface area contributed by atoms with Gasteiger partial charge < -0.3 is 19.3 Å². The number of benzene rings is 1. The van der Waals surface area contributed by atoms with Crippen molar-refractivity contribution in [3.05, 3.63) is 52.5 Å². The smallest absolute Gasteiger partial charge is 0.235 e. The van der Waals surface area contributed by atoms with E-state index in [1.54, 1.807) is 25.1 Å². The number of amides is 1. The Balaban J connectivity index is 1.60. The van der Waals surface area contributed by atoms with Crippen molar-refractivity contribution in [1.82, 2.24) is 15.4 Å². The fraction of sp³-hybridized carbons (Fsp3) is 0.316. The second-order valence-corrected chi connectivity index (χ2v) is 7.53. The van der Waals surface area contributed by atoms with E-state index in [0.29, 0.717) is 29.7 Å². The van der Waals surface area contributed by atoms with E-state index in [-0.39, 0.29) is 11.2 Å². The monoisotopic (exact) mass is 400 g/mol. The van der Waals surface area contributed by atoms with Gasteiger partial charge in [0.25, 0.3) is 0 Å². The van der Waals surface area contributed by atoms with Gasteiger partial charge in [-0.1, -0.05) is 11.2 Å². The average Bonchev–Trinajstić information content (AvgIpc) is 3.23. The first-order chi connectivity index (χ1) is 13.6. The number of nitrogens with one attached hydrogen (secondary N) is 2. The molecule has 1 aliphatic heterocycles. The molecule has 0 aliphatic carbocycles. The number of H-pyrrole nitrogens is 1. The van der Waals surface area contributed by atoms with Gasteiger partial charge in [0.2, 0.25) is 5.91 Å². The third-order valence-corrected chi connectivity index (χ3v) is 5.93. The van der Waals surface area contributed by atoms with Gasteiger partial charge in [-0.3, -0.25) is 9.89 Å². The first-order valence-electron chi connectivity index (χ1n) is 8.74. The Bertz CT molecular complexity index is 994. The molecule has 1 amide bonds. The number of nitrogens with zero attached hydrogens (tertiary/aromatic N) is 2. The lowest BCUT2D eigenvalue weighted by atomic mass is 10.1. The van der Waals surface area contributed by atoms with Crippen LogP contribution in [-0.2, 0) is 11.4 Å². The van der Waals surface area contributed by atoms with E-state index in [1.807, 2.05) is 32.0 Å². The quantitative estimate of drug-likeness (QED) is 0.677. The molecule has 1 atom stereocenters. The van der Waals surface area contributed by atoms with Crippen LogP contribution in [0.5, 0.6) is 11.5 Å². The molecule has 4 rings (SSSR count). The highest BCUT2D eigenvalue weighted by Crippen LogP contribution is 2.43. The SMILES string of the molecule is COc1cc(C2SCC(=O)Nc3[nH]ncc32)ccc1OCc1c(C)noc1C. The molecular formula is C19H20N4O4S. The zero-order chi connectivity index (χ0) is 19.7. The molecule has 0 saturated heterocycles. The number of fused-ring (bicyclic) bond motifs is 1. The number of hydrogen-bond donors (Lipinski definition) is 2. The van der Waals surface area contributed by atoms with E-state index in [2.05, 4.69) is 20.7 Å². The molecule has 1 aromatic carbocycles. The lowest BCUT2D eigenvalue weighted by Gasteiger charge is -2.17. The molecular weight excluding hydrogens is 380 g/mol. The number of thioether (sulfide) groups is 1. The molecule has 2 aromatic heterocycles. The summed E-state index contributed by atoms with van der Waals surface area (Å²) >= 11 is 1.54. The van der Waals surface area contributed by atoms with Crippen LogP contribution in [0.4, 0.5) is 5.82 Å². The van der Waals surface area contributed by atoms with Crippen LogP contribution < -0.4 is 14.8 Å². The van der Waals surface area contributed by atoms with Crippen molar-refractivity contribution in [3.63, 3.8) is 0 Å². The normalized spacial score (nSPS) is 16.2. The molecule has 9 heteroatoms. The lowest BCUT2D eigenvalue weighted by molar-refractivity contribution is -0.113. The number of hydrogen-bond acceptors (Lipinski definition) is 7. The van der Waals surface area contributed by atoms with Crippen molar-refractivity contribution < 1.29 is 18.8 Å². The summed E-state index contributed by atoms with van der Waals surface area (Å²) in [7, 11) is 1.61. The second-order valence-electron chi connectivity index (χ2n) is 6.44. The predicted molar refractivity (Wildman–Crippen MR) is 105 cm³/mol. The van der Waals surface area contributed by atoms with Crippen LogP contribution >= 0.6 is 11.8 Å². The molecule has 2 N–H and O–H groups in total. The van der Waals surface area contributed by atoms with Crippen LogP contribution in [-0.4, -0.2) is 34.1 Å². The van der Waals surface area contributed by atoms with Crippen LogP contribution in [0.15, 0.2) is 28.9 Å². The van der Waals surface area contributed by atoms with Gasteiger partial charge in [-0.15, -0.1) is 11.8 Å². The molecule has 0 fully saturated rings. The zero-order valence-electron chi connectivity index (χ0n) is 15.7. The highest BCUT2D eigenvalue weighted by molar-refractivity contribution is 8.00. The van der Waals surface area contributed by atoms with Crippen LogP contribution in [0.25, 0.3) is 0 Å². The minimum atomic E-state index is -0.0515. The molecule has 1 unspecified atom stereocenters. The summed E-state index contributed by atoms with van der Waals surface area (Å²) in [6.45, 7) is 4.09. The van der Waals surface area contributed by atoms with Crippen LogP contribution in [0, 0.1) is 13.8 Å². The maximum Gasteiger partial charge on any atom is 0.235 e. The number of aromatic amines is 1. The number of rotatable bonds is 5. The second kappa shape index (κ2) is 7.59. The van der Waals surface area contributed by atoms with Gasteiger partial charge in [0.05, 0.1) is 35.6 Å². The summed E-state index contributed by atoms with van der Waals surface area (Å²) in [5.74, 6) is 2.94. The van der Waals surface area contributed by atoms with Crippen molar-refractivity contribution >= 4 is 23.5 Å². The van der Waals surface area contributed by atoms with E-state index in [1.165, 1.54) is 0 Å². The van der Waals surface area contributed by atoms with Crippen molar-refractivity contribution in [2.75, 3.05) is 18.2 Å². The van der Waals surface area contributed by atoms with Gasteiger partial charge in [-0.05, 0) is 31.5 Å². The Hall–Kier alpha value is -2.94. The predicted octanol–water partition coefficient (Wildman–Crippen LogP) is 3.38. The topological polar surface area (TPSA) is 102 Å². The highest BCUT2D eigenvalue weighted by Gasteiger charge is 2.26. The Morgan fingerprint density at radius 1 is 1.32 bits per heavy atom. The molecule has 3 heterocycles. The van der Waals surface area contributed by atoms with E-state index in [0.717, 1.165) is 28.1 Å². The zero-order valence-corrected chi connectivity index (χ0v) is 16.6. The van der Waals surface area contributed by atoms with Gasteiger partial charge in [0.1, 0.15) is 18.2 Å². The van der Waals surface area contributed by atoms with Gasteiger partial charge in [0.15, 0.2) is 11.5 Å². The number of aromatic nitrogens is 3. The molecule has 28 heavy (non-hydrogen) atoms. The number of methoxy groups -OCH3 is 1. The fourth-order valence-corrected chi connectivity index (χ4v) is 4.21. The summed E-state index contributed by atoms with van der Waals surface area (Å²) in [6.07, 6.45) is 1.74. The highest BCUT2D eigenvalue weighted by atomic mass is 32.2. The van der Waals surface area contributed by atoms with Crippen molar-refractivity contribution in [2.24, 2.45) is 0 Å². The summed E-state index contributed by atoms with van der Waals surface area (Å²) in [6, 6.07) is 5.80. The first kappa shape index (κ1) is 18.4. The van der Waals surface area contributed by atoms with Gasteiger partial charge in [-0.2, -0.15) is 5.10 Å². The molecule has 146 valence electrons. The maximum atomic E-state index is 11.9. The van der Waals surface area contributed by atoms with Gasteiger partial charge in [-0.25, -0.2) is 0 Å². The molecule has 3 aromatic rings. The van der Waals surface area contributed by atoms with Crippen LogP contribution in [0.3, 0.4) is 0 Å². The largest absolute Gasteiger partial charge is 0.493 e. The number of carbonyl (C=O) groups is 1. The number of anilines is 1. The number of carbonyl (C=O) groups excluding carboxylic acids is 1. The van der Waals surface area contributed by atoms with Crippen LogP contribution in [0.2, 0.25) is 0 Å². The summed E-state index contributed by atoms with van der Waals surface area (Å²) in [5.41, 5.74) is 3.68. The molecule has 0 saturated carbocycles. The van der Waals surface area contributed by atoms with Crippen LogP contribution in [0.1, 0.15) is 33.4 Å². The standard InChI is InChI=1S/C19H20N4O4S/c1-10-14(11(2)27-23-10)8-26-15-5-4-12(6-16(15)25-3)18-13-7-20-22-19(13)21-17(24)9-28-18/h4-7,18H,8-9H2,1-3H3,(H2,20,21,22,24). The molecule has 0 spiro atoms. The summed E-state index contributed by atoms with van der Waals surface area (Å²) in [4.78, 5) is 11.9. The molecule has 0 bridgehead atoms. The number of ether oxygens (including phenoxy) is 2. The summed E-state index contributed by atoms with van der Waals surface area (Å²) in [5, 5.41) is 13.7. The van der Waals surface area contributed by atoms with E-state index in [4.69, 9.17) is 14.0 Å². The minimum absolute atomic E-state index is 0.0433. The lowest BCUT2D eigenvalue weighted by Crippen LogP contribution is -2.12. The van der Waals surface area contributed by atoms with Crippen molar-refractivity contribution in [3.8, 4) is 11.5 Å². The van der Waals surface area contributed by atoms with E-state index in [9.17, 15) is 4.79 Å². The third kappa shape index (κ3) is 3.45. The fourth-order valence-electron chi connectivity index (χ4n) is 3.12. The maximum absolute atomic E-state index is 11.9. The molecule has 0 radical (unpaired) electrons. The van der Waals surface area contributed by atoms with Gasteiger partial charge in [0, 0.05) is 5.56 Å².